The maximum absolute atomic E-state index is 13.5. The largest absolute Gasteiger partial charge is 0.497 e. The van der Waals surface area contributed by atoms with Gasteiger partial charge in [-0.15, -0.1) is 12.4 Å². The Morgan fingerprint density at radius 2 is 1.71 bits per heavy atom. The predicted molar refractivity (Wildman–Crippen MR) is 165 cm³/mol. The lowest BCUT2D eigenvalue weighted by Gasteiger charge is -2.35. The number of nitrogens with zero attached hydrogens (tertiary/aromatic N) is 2. The monoisotopic (exact) mass is 582 g/mol. The van der Waals surface area contributed by atoms with Crippen molar-refractivity contribution in [1.82, 2.24) is 9.80 Å². The Kier molecular flexibility index (Phi) is 11.0. The van der Waals surface area contributed by atoms with E-state index in [1.54, 1.807) is 21.3 Å². The molecule has 1 amide bonds. The van der Waals surface area contributed by atoms with Crippen molar-refractivity contribution in [3.63, 3.8) is 0 Å². The lowest BCUT2D eigenvalue weighted by Crippen LogP contribution is -2.44. The molecule has 0 radical (unpaired) electrons. The molecule has 2 aliphatic rings. The molecular formula is C33H43ClN2O5. The number of fused-ring (bicyclic) bond motifs is 2. The molecule has 2 aliphatic heterocycles. The molecule has 3 aromatic rings. The Balaban J connectivity index is 0.00000387. The first-order valence-electron chi connectivity index (χ1n) is 14.6. The summed E-state index contributed by atoms with van der Waals surface area (Å²) in [5.41, 5.74) is 1.79. The van der Waals surface area contributed by atoms with E-state index in [9.17, 15) is 4.79 Å². The zero-order valence-corrected chi connectivity index (χ0v) is 25.3. The van der Waals surface area contributed by atoms with E-state index in [2.05, 4.69) is 21.9 Å². The van der Waals surface area contributed by atoms with Gasteiger partial charge in [-0.3, -0.25) is 4.79 Å². The number of benzene rings is 3. The minimum atomic E-state index is 0. The first-order chi connectivity index (χ1) is 19.6. The summed E-state index contributed by atoms with van der Waals surface area (Å²) >= 11 is 0. The van der Waals surface area contributed by atoms with Crippen LogP contribution >= 0.6 is 12.4 Å². The summed E-state index contributed by atoms with van der Waals surface area (Å²) in [6.07, 6.45) is 6.69. The Morgan fingerprint density at radius 1 is 0.878 bits per heavy atom. The van der Waals surface area contributed by atoms with Crippen LogP contribution < -0.4 is 18.9 Å². The average molecular weight is 583 g/mol. The second kappa shape index (κ2) is 14.6. The third kappa shape index (κ3) is 7.38. The first-order valence-corrected chi connectivity index (χ1v) is 14.6. The summed E-state index contributed by atoms with van der Waals surface area (Å²) < 4.78 is 22.5. The molecule has 1 saturated heterocycles. The van der Waals surface area contributed by atoms with E-state index in [0.29, 0.717) is 24.0 Å². The Labute approximate surface area is 250 Å². The molecule has 8 heteroatoms. The molecule has 0 saturated carbocycles. The highest BCUT2D eigenvalue weighted by atomic mass is 35.5. The van der Waals surface area contributed by atoms with E-state index in [1.165, 1.54) is 19.3 Å². The van der Waals surface area contributed by atoms with Crippen LogP contribution in [-0.2, 0) is 6.42 Å². The minimum Gasteiger partial charge on any atom is -0.497 e. The SMILES string of the molecule is COc1ccc2c(OCCCN3CCCCCC(CN4CCc5cc(OC)c(OC)cc5C4=O)C3)cccc2c1.Cl. The maximum Gasteiger partial charge on any atom is 0.254 e. The smallest absolute Gasteiger partial charge is 0.254 e. The quantitative estimate of drug-likeness (QED) is 0.263. The molecule has 0 bridgehead atoms. The molecule has 0 aromatic heterocycles. The van der Waals surface area contributed by atoms with Crippen molar-refractivity contribution in [2.45, 2.75) is 38.5 Å². The fraction of sp³-hybridized carbons (Fsp3) is 0.485. The maximum atomic E-state index is 13.5. The highest BCUT2D eigenvalue weighted by Crippen LogP contribution is 2.34. The fourth-order valence-corrected chi connectivity index (χ4v) is 6.14. The van der Waals surface area contributed by atoms with Crippen molar-refractivity contribution < 1.29 is 23.7 Å². The lowest BCUT2D eigenvalue weighted by atomic mass is 9.94. The number of ether oxygens (including phenoxy) is 4. The van der Waals surface area contributed by atoms with Gasteiger partial charge in [0.25, 0.3) is 5.91 Å². The Hall–Kier alpha value is -3.16. The van der Waals surface area contributed by atoms with Crippen LogP contribution in [0, 0.1) is 5.92 Å². The van der Waals surface area contributed by atoms with Gasteiger partial charge < -0.3 is 28.7 Å². The number of hydrogen-bond donors (Lipinski definition) is 0. The third-order valence-corrected chi connectivity index (χ3v) is 8.28. The standard InChI is InChI=1S/C33H42N2O5.ClH/c1-37-27-12-13-28-25(19-27)10-7-11-30(28)40-18-8-16-34-15-6-4-5-9-24(22-34)23-35-17-14-26-20-31(38-2)32(39-3)21-29(26)33(35)36;/h7,10-13,19-21,24H,4-6,8-9,14-18,22-23H2,1-3H3;1H. The van der Waals surface area contributed by atoms with Crippen LogP contribution in [0.25, 0.3) is 10.8 Å². The van der Waals surface area contributed by atoms with Gasteiger partial charge >= 0.3 is 0 Å². The average Bonchev–Trinajstić information content (AvgIpc) is 2.97. The van der Waals surface area contributed by atoms with E-state index in [0.717, 1.165) is 85.4 Å². The number of likely N-dealkylation sites (tertiary alicyclic amines) is 1. The number of hydrogen-bond acceptors (Lipinski definition) is 6. The molecule has 1 atom stereocenters. The van der Waals surface area contributed by atoms with Gasteiger partial charge in [-0.05, 0) is 85.5 Å². The van der Waals surface area contributed by atoms with E-state index in [1.807, 2.05) is 36.4 Å². The van der Waals surface area contributed by atoms with Crippen LogP contribution in [0.4, 0.5) is 0 Å². The predicted octanol–water partition coefficient (Wildman–Crippen LogP) is 6.25. The van der Waals surface area contributed by atoms with Crippen LogP contribution in [0.1, 0.15) is 48.0 Å². The van der Waals surface area contributed by atoms with E-state index < -0.39 is 0 Å². The van der Waals surface area contributed by atoms with Crippen LogP contribution in [0.5, 0.6) is 23.0 Å². The molecule has 2 heterocycles. The van der Waals surface area contributed by atoms with Crippen LogP contribution in [0.15, 0.2) is 48.5 Å². The fourth-order valence-electron chi connectivity index (χ4n) is 6.14. The summed E-state index contributed by atoms with van der Waals surface area (Å²) in [5, 5.41) is 2.23. The highest BCUT2D eigenvalue weighted by molar-refractivity contribution is 5.97. The number of methoxy groups -OCH3 is 3. The summed E-state index contributed by atoms with van der Waals surface area (Å²) in [6.45, 7) is 5.37. The van der Waals surface area contributed by atoms with E-state index >= 15 is 0 Å². The third-order valence-electron chi connectivity index (χ3n) is 8.28. The van der Waals surface area contributed by atoms with Crippen molar-refractivity contribution in [3.05, 3.63) is 59.7 Å². The van der Waals surface area contributed by atoms with Crippen molar-refractivity contribution in [2.75, 3.05) is 60.7 Å². The summed E-state index contributed by atoms with van der Waals surface area (Å²) in [7, 11) is 4.94. The van der Waals surface area contributed by atoms with Gasteiger partial charge in [0.2, 0.25) is 0 Å². The molecule has 1 fully saturated rings. The van der Waals surface area contributed by atoms with Gasteiger partial charge in [-0.2, -0.15) is 0 Å². The van der Waals surface area contributed by atoms with Gasteiger partial charge in [0, 0.05) is 37.1 Å². The molecule has 3 aromatic carbocycles. The van der Waals surface area contributed by atoms with Crippen molar-refractivity contribution in [3.8, 4) is 23.0 Å². The Morgan fingerprint density at radius 3 is 2.51 bits per heavy atom. The molecule has 7 nitrogen and oxygen atoms in total. The van der Waals surface area contributed by atoms with Gasteiger partial charge in [-0.1, -0.05) is 25.0 Å². The van der Waals surface area contributed by atoms with Crippen LogP contribution in [0.2, 0.25) is 0 Å². The first kappa shape index (κ1) is 30.8. The minimum absolute atomic E-state index is 0. The molecule has 1 unspecified atom stereocenters. The van der Waals surface area contributed by atoms with Gasteiger partial charge in [-0.25, -0.2) is 0 Å². The molecule has 222 valence electrons. The second-order valence-electron chi connectivity index (χ2n) is 10.9. The summed E-state index contributed by atoms with van der Waals surface area (Å²) in [6, 6.07) is 16.1. The van der Waals surface area contributed by atoms with Crippen LogP contribution in [-0.4, -0.2) is 76.4 Å². The summed E-state index contributed by atoms with van der Waals surface area (Å²) in [5.74, 6) is 3.65. The molecular weight excluding hydrogens is 540 g/mol. The molecule has 0 N–H and O–H groups in total. The molecule has 5 rings (SSSR count). The molecule has 0 spiro atoms. The second-order valence-corrected chi connectivity index (χ2v) is 10.9. The van der Waals surface area contributed by atoms with E-state index in [4.69, 9.17) is 18.9 Å². The number of rotatable bonds is 10. The van der Waals surface area contributed by atoms with Crippen molar-refractivity contribution >= 4 is 29.1 Å². The molecule has 0 aliphatic carbocycles. The summed E-state index contributed by atoms with van der Waals surface area (Å²) in [4.78, 5) is 18.1. The zero-order chi connectivity index (χ0) is 27.9. The van der Waals surface area contributed by atoms with Gasteiger partial charge in [0.1, 0.15) is 11.5 Å². The Bertz CT molecular complexity index is 1320. The van der Waals surface area contributed by atoms with Crippen LogP contribution in [0.3, 0.4) is 0 Å². The zero-order valence-electron chi connectivity index (χ0n) is 24.5. The van der Waals surface area contributed by atoms with Gasteiger partial charge in [0.15, 0.2) is 11.5 Å². The van der Waals surface area contributed by atoms with E-state index in [-0.39, 0.29) is 18.3 Å². The normalized spacial score (nSPS) is 17.7. The number of amides is 1. The highest BCUT2D eigenvalue weighted by Gasteiger charge is 2.29. The van der Waals surface area contributed by atoms with Crippen molar-refractivity contribution in [1.29, 1.82) is 0 Å². The topological polar surface area (TPSA) is 60.5 Å². The lowest BCUT2D eigenvalue weighted by molar-refractivity contribution is 0.0678. The number of carbonyl (C=O) groups excluding carboxylic acids is 1. The number of halogens is 1. The van der Waals surface area contributed by atoms with Crippen molar-refractivity contribution in [2.24, 2.45) is 5.92 Å². The van der Waals surface area contributed by atoms with Gasteiger partial charge in [0.05, 0.1) is 27.9 Å². The molecule has 41 heavy (non-hydrogen) atoms. The number of carbonyl (C=O) groups is 1.